The molecule has 1 heterocycles. The molecular formula is C15H22N2O4. The average Bonchev–Trinajstić information content (AvgIpc) is 2.48. The summed E-state index contributed by atoms with van der Waals surface area (Å²) in [6, 6.07) is 3.04. The topological polar surface area (TPSA) is 62.2 Å². The maximum Gasteiger partial charge on any atom is 0.184 e. The number of Topliss-reactive ketones (excluding diaryl/α,β-unsaturated/α-hetero) is 1. The molecule has 0 unspecified atom stereocenters. The van der Waals surface area contributed by atoms with Gasteiger partial charge in [-0.05, 0) is 7.05 Å². The minimum absolute atomic E-state index is 0.106. The molecule has 1 aliphatic rings. The van der Waals surface area contributed by atoms with Crippen LogP contribution < -0.4 is 9.47 Å². The molecule has 1 N–H and O–H groups in total. The molecule has 1 aliphatic heterocycles. The first-order valence-corrected chi connectivity index (χ1v) is 6.94. The lowest BCUT2D eigenvalue weighted by atomic mass is 10.1. The Morgan fingerprint density at radius 3 is 2.43 bits per heavy atom. The lowest BCUT2D eigenvalue weighted by Gasteiger charge is -2.31. The van der Waals surface area contributed by atoms with E-state index >= 15 is 0 Å². The summed E-state index contributed by atoms with van der Waals surface area (Å²) in [4.78, 5) is 16.8. The fourth-order valence-electron chi connectivity index (χ4n) is 2.42. The number of nitrogens with zero attached hydrogens (tertiary/aromatic N) is 2. The van der Waals surface area contributed by atoms with E-state index in [0.29, 0.717) is 11.5 Å². The summed E-state index contributed by atoms with van der Waals surface area (Å²) >= 11 is 0. The van der Waals surface area contributed by atoms with Gasteiger partial charge in [0.2, 0.25) is 0 Å². The van der Waals surface area contributed by atoms with E-state index < -0.39 is 0 Å². The van der Waals surface area contributed by atoms with Crippen molar-refractivity contribution in [1.29, 1.82) is 0 Å². The highest BCUT2D eigenvalue weighted by atomic mass is 16.5. The second-order valence-electron chi connectivity index (χ2n) is 5.23. The van der Waals surface area contributed by atoms with Gasteiger partial charge in [0, 0.05) is 38.3 Å². The van der Waals surface area contributed by atoms with Crippen molar-refractivity contribution in [2.75, 3.05) is 54.0 Å². The SMILES string of the molecule is COc1cc(O)c(C(=O)CN2CCN(C)CC2)c(OC)c1. The van der Waals surface area contributed by atoms with E-state index in [0.717, 1.165) is 26.2 Å². The molecule has 1 aromatic carbocycles. The number of ether oxygens (including phenoxy) is 2. The number of carbonyl (C=O) groups excluding carboxylic acids is 1. The fraction of sp³-hybridized carbons (Fsp3) is 0.533. The number of likely N-dealkylation sites (N-methyl/N-ethyl adjacent to an activating group) is 1. The first-order chi connectivity index (χ1) is 10.0. The van der Waals surface area contributed by atoms with Crippen molar-refractivity contribution < 1.29 is 19.4 Å². The fourth-order valence-corrected chi connectivity index (χ4v) is 2.42. The van der Waals surface area contributed by atoms with Crippen molar-refractivity contribution in [3.8, 4) is 17.2 Å². The van der Waals surface area contributed by atoms with E-state index in [4.69, 9.17) is 9.47 Å². The first kappa shape index (κ1) is 15.6. The molecule has 2 rings (SSSR count). The van der Waals surface area contributed by atoms with E-state index in [1.807, 2.05) is 0 Å². The molecule has 1 saturated heterocycles. The molecule has 0 bridgehead atoms. The van der Waals surface area contributed by atoms with E-state index in [9.17, 15) is 9.90 Å². The maximum absolute atomic E-state index is 12.5. The molecule has 0 aliphatic carbocycles. The molecule has 0 radical (unpaired) electrons. The molecule has 0 aromatic heterocycles. The normalized spacial score (nSPS) is 16.7. The van der Waals surface area contributed by atoms with Gasteiger partial charge in [0.05, 0.1) is 20.8 Å². The van der Waals surface area contributed by atoms with Crippen LogP contribution in [0.15, 0.2) is 12.1 Å². The minimum Gasteiger partial charge on any atom is -0.507 e. The zero-order valence-electron chi connectivity index (χ0n) is 12.8. The monoisotopic (exact) mass is 294 g/mol. The van der Waals surface area contributed by atoms with E-state index in [1.54, 1.807) is 6.07 Å². The van der Waals surface area contributed by atoms with Crippen LogP contribution in [0.3, 0.4) is 0 Å². The summed E-state index contributed by atoms with van der Waals surface area (Å²) in [6.07, 6.45) is 0. The number of phenolic OH excluding ortho intramolecular Hbond substituents is 1. The Bertz CT molecular complexity index is 511. The number of piperazine rings is 1. The molecular weight excluding hydrogens is 272 g/mol. The van der Waals surface area contributed by atoms with Crippen molar-refractivity contribution in [2.45, 2.75) is 0 Å². The molecule has 0 amide bonds. The zero-order chi connectivity index (χ0) is 15.4. The number of benzene rings is 1. The van der Waals surface area contributed by atoms with Crippen LogP contribution >= 0.6 is 0 Å². The zero-order valence-corrected chi connectivity index (χ0v) is 12.8. The molecule has 21 heavy (non-hydrogen) atoms. The van der Waals surface area contributed by atoms with Gasteiger partial charge in [0.1, 0.15) is 22.8 Å². The molecule has 6 heteroatoms. The van der Waals surface area contributed by atoms with Crippen molar-refractivity contribution in [3.63, 3.8) is 0 Å². The summed E-state index contributed by atoms with van der Waals surface area (Å²) in [6.45, 7) is 3.87. The smallest absolute Gasteiger partial charge is 0.184 e. The van der Waals surface area contributed by atoms with Gasteiger partial charge in [-0.2, -0.15) is 0 Å². The van der Waals surface area contributed by atoms with Gasteiger partial charge in [-0.15, -0.1) is 0 Å². The lowest BCUT2D eigenvalue weighted by Crippen LogP contribution is -2.46. The predicted molar refractivity (Wildman–Crippen MR) is 79.5 cm³/mol. The van der Waals surface area contributed by atoms with Crippen LogP contribution in [-0.4, -0.2) is 74.7 Å². The molecule has 6 nitrogen and oxygen atoms in total. The minimum atomic E-state index is -0.142. The standard InChI is InChI=1S/C15H22N2O4/c1-16-4-6-17(7-5-16)10-13(19)15-12(18)8-11(20-2)9-14(15)21-3/h8-9,18H,4-7,10H2,1-3H3. The highest BCUT2D eigenvalue weighted by molar-refractivity contribution is 6.02. The molecule has 1 fully saturated rings. The van der Waals surface area contributed by atoms with Crippen LogP contribution in [0.25, 0.3) is 0 Å². The number of ketones is 1. The largest absolute Gasteiger partial charge is 0.507 e. The van der Waals surface area contributed by atoms with Crippen LogP contribution in [0.1, 0.15) is 10.4 Å². The van der Waals surface area contributed by atoms with E-state index in [2.05, 4.69) is 16.8 Å². The Hall–Kier alpha value is -1.79. The first-order valence-electron chi connectivity index (χ1n) is 6.94. The molecule has 0 spiro atoms. The van der Waals surface area contributed by atoms with Crippen LogP contribution in [0.5, 0.6) is 17.2 Å². The van der Waals surface area contributed by atoms with Gasteiger partial charge >= 0.3 is 0 Å². The average molecular weight is 294 g/mol. The van der Waals surface area contributed by atoms with Crippen LogP contribution in [-0.2, 0) is 0 Å². The number of hydrogen-bond donors (Lipinski definition) is 1. The van der Waals surface area contributed by atoms with E-state index in [1.165, 1.54) is 20.3 Å². The van der Waals surface area contributed by atoms with Crippen LogP contribution in [0, 0.1) is 0 Å². The van der Waals surface area contributed by atoms with E-state index in [-0.39, 0.29) is 23.6 Å². The molecule has 0 saturated carbocycles. The Kier molecular flexibility index (Phi) is 5.03. The van der Waals surface area contributed by atoms with Gasteiger partial charge in [0.25, 0.3) is 0 Å². The Balaban J connectivity index is 2.15. The third-order valence-corrected chi connectivity index (χ3v) is 3.75. The van der Waals surface area contributed by atoms with Crippen molar-refractivity contribution in [1.82, 2.24) is 9.80 Å². The van der Waals surface area contributed by atoms with Gasteiger partial charge in [-0.1, -0.05) is 0 Å². The van der Waals surface area contributed by atoms with Gasteiger partial charge in [-0.3, -0.25) is 9.69 Å². The van der Waals surface area contributed by atoms with Gasteiger partial charge in [0.15, 0.2) is 5.78 Å². The number of carbonyl (C=O) groups is 1. The summed E-state index contributed by atoms with van der Waals surface area (Å²) in [5.74, 6) is 0.549. The van der Waals surface area contributed by atoms with Crippen molar-refractivity contribution in [2.24, 2.45) is 0 Å². The van der Waals surface area contributed by atoms with Gasteiger partial charge in [-0.25, -0.2) is 0 Å². The number of phenols is 1. The molecule has 0 atom stereocenters. The summed E-state index contributed by atoms with van der Waals surface area (Å²) in [7, 11) is 5.04. The van der Waals surface area contributed by atoms with Crippen LogP contribution in [0.2, 0.25) is 0 Å². The highest BCUT2D eigenvalue weighted by Crippen LogP contribution is 2.33. The number of hydrogen-bond acceptors (Lipinski definition) is 6. The predicted octanol–water partition coefficient (Wildman–Crippen LogP) is 0.839. The Labute approximate surface area is 124 Å². The second kappa shape index (κ2) is 6.78. The molecule has 116 valence electrons. The van der Waals surface area contributed by atoms with Crippen LogP contribution in [0.4, 0.5) is 0 Å². The number of rotatable bonds is 5. The van der Waals surface area contributed by atoms with Crippen molar-refractivity contribution >= 4 is 5.78 Å². The third kappa shape index (κ3) is 3.65. The second-order valence-corrected chi connectivity index (χ2v) is 5.23. The highest BCUT2D eigenvalue weighted by Gasteiger charge is 2.23. The van der Waals surface area contributed by atoms with Gasteiger partial charge < -0.3 is 19.5 Å². The third-order valence-electron chi connectivity index (χ3n) is 3.75. The quantitative estimate of drug-likeness (QED) is 0.812. The Morgan fingerprint density at radius 2 is 1.86 bits per heavy atom. The summed E-state index contributed by atoms with van der Waals surface area (Å²) in [5.41, 5.74) is 0.220. The molecule has 1 aromatic rings. The maximum atomic E-state index is 12.5. The Morgan fingerprint density at radius 1 is 1.19 bits per heavy atom. The van der Waals surface area contributed by atoms with Crippen molar-refractivity contribution in [3.05, 3.63) is 17.7 Å². The summed E-state index contributed by atoms with van der Waals surface area (Å²) in [5, 5.41) is 10.1. The lowest BCUT2D eigenvalue weighted by molar-refractivity contribution is 0.0871. The summed E-state index contributed by atoms with van der Waals surface area (Å²) < 4.78 is 10.3. The number of aromatic hydroxyl groups is 1. The number of methoxy groups -OCH3 is 2.